The van der Waals surface area contributed by atoms with Gasteiger partial charge in [0.1, 0.15) is 5.69 Å². The number of benzene rings is 1. The van der Waals surface area contributed by atoms with E-state index in [9.17, 15) is 9.90 Å². The highest BCUT2D eigenvalue weighted by Crippen LogP contribution is 2.31. The number of aromatic carboxylic acids is 1. The molecular formula is C15H11BrN2O2S. The summed E-state index contributed by atoms with van der Waals surface area (Å²) in [4.78, 5) is 21.6. The van der Waals surface area contributed by atoms with E-state index in [-0.39, 0.29) is 5.56 Å². The molecule has 0 radical (unpaired) electrons. The number of nitrogens with zero attached hydrogens (tertiary/aromatic N) is 2. The minimum absolute atomic E-state index is 0.237. The largest absolute Gasteiger partial charge is 0.478 e. The third-order valence-electron chi connectivity index (χ3n) is 3.17. The van der Waals surface area contributed by atoms with Crippen molar-refractivity contribution in [2.24, 2.45) is 0 Å². The van der Waals surface area contributed by atoms with E-state index >= 15 is 0 Å². The normalized spacial score (nSPS) is 11.0. The molecule has 21 heavy (non-hydrogen) atoms. The molecule has 0 amide bonds. The Kier molecular flexibility index (Phi) is 3.51. The van der Waals surface area contributed by atoms with Crippen molar-refractivity contribution in [2.45, 2.75) is 13.8 Å². The number of rotatable bonds is 2. The van der Waals surface area contributed by atoms with Crippen LogP contribution in [0.25, 0.3) is 22.3 Å². The maximum absolute atomic E-state index is 11.5. The van der Waals surface area contributed by atoms with Gasteiger partial charge in [-0.25, -0.2) is 14.8 Å². The number of carboxylic acids is 1. The van der Waals surface area contributed by atoms with Crippen molar-refractivity contribution in [1.82, 2.24) is 9.97 Å². The van der Waals surface area contributed by atoms with E-state index in [1.165, 1.54) is 0 Å². The summed E-state index contributed by atoms with van der Waals surface area (Å²) in [6, 6.07) is 7.01. The molecule has 106 valence electrons. The third kappa shape index (κ3) is 2.45. The van der Waals surface area contributed by atoms with Crippen molar-refractivity contribution in [1.29, 1.82) is 0 Å². The number of aromatic nitrogens is 2. The fourth-order valence-electron chi connectivity index (χ4n) is 2.28. The van der Waals surface area contributed by atoms with E-state index in [4.69, 9.17) is 0 Å². The number of hydrogen-bond donors (Lipinski definition) is 1. The van der Waals surface area contributed by atoms with E-state index in [2.05, 4.69) is 25.9 Å². The average molecular weight is 363 g/mol. The molecule has 3 aromatic rings. The lowest BCUT2D eigenvalue weighted by Gasteiger charge is -2.07. The second kappa shape index (κ2) is 5.20. The van der Waals surface area contributed by atoms with Crippen LogP contribution >= 0.6 is 27.3 Å². The molecule has 1 aromatic carbocycles. The van der Waals surface area contributed by atoms with Crippen LogP contribution < -0.4 is 0 Å². The summed E-state index contributed by atoms with van der Waals surface area (Å²) in [5.74, 6) is -0.966. The van der Waals surface area contributed by atoms with E-state index < -0.39 is 5.97 Å². The molecule has 1 N–H and O–H groups in total. The van der Waals surface area contributed by atoms with Gasteiger partial charge < -0.3 is 5.11 Å². The summed E-state index contributed by atoms with van der Waals surface area (Å²) in [5, 5.41) is 11.0. The number of carbonyl (C=O) groups is 1. The lowest BCUT2D eigenvalue weighted by molar-refractivity contribution is 0.0699. The zero-order valence-electron chi connectivity index (χ0n) is 11.3. The van der Waals surface area contributed by atoms with E-state index in [0.717, 1.165) is 20.1 Å². The number of fused-ring (bicyclic) bond motifs is 1. The molecule has 0 aliphatic carbocycles. The molecule has 0 spiro atoms. The number of hydrogen-bond acceptors (Lipinski definition) is 4. The van der Waals surface area contributed by atoms with Gasteiger partial charge in [0.15, 0.2) is 0 Å². The van der Waals surface area contributed by atoms with Crippen molar-refractivity contribution >= 4 is 44.1 Å². The third-order valence-corrected chi connectivity index (χ3v) is 4.69. The number of thiazole rings is 1. The monoisotopic (exact) mass is 362 g/mol. The lowest BCUT2D eigenvalue weighted by atomic mass is 10.1. The Morgan fingerprint density at radius 2 is 2.05 bits per heavy atom. The van der Waals surface area contributed by atoms with Crippen LogP contribution in [-0.2, 0) is 0 Å². The van der Waals surface area contributed by atoms with Gasteiger partial charge in [0.05, 0.1) is 21.8 Å². The van der Waals surface area contributed by atoms with Crippen LogP contribution in [0.4, 0.5) is 0 Å². The first-order valence-electron chi connectivity index (χ1n) is 6.24. The van der Waals surface area contributed by atoms with Crippen LogP contribution in [0.5, 0.6) is 0 Å². The van der Waals surface area contributed by atoms with Crippen LogP contribution in [0.1, 0.15) is 20.2 Å². The summed E-state index contributed by atoms with van der Waals surface area (Å²) in [6.07, 6.45) is 0. The minimum atomic E-state index is -0.966. The van der Waals surface area contributed by atoms with Crippen LogP contribution in [0, 0.1) is 13.8 Å². The zero-order valence-corrected chi connectivity index (χ0v) is 13.7. The second-order valence-electron chi connectivity index (χ2n) is 4.63. The Bertz CT molecular complexity index is 873. The molecule has 0 aliphatic rings. The van der Waals surface area contributed by atoms with Crippen molar-refractivity contribution in [3.05, 3.63) is 44.2 Å². The van der Waals surface area contributed by atoms with Gasteiger partial charge in [0, 0.05) is 14.7 Å². The zero-order chi connectivity index (χ0) is 15.1. The molecule has 2 aromatic heterocycles. The average Bonchev–Trinajstić information content (AvgIpc) is 2.77. The first kappa shape index (κ1) is 14.2. The molecule has 0 fully saturated rings. The van der Waals surface area contributed by atoms with Gasteiger partial charge in [-0.2, -0.15) is 0 Å². The predicted molar refractivity (Wildman–Crippen MR) is 87.0 cm³/mol. The molecule has 0 saturated carbocycles. The second-order valence-corrected chi connectivity index (χ2v) is 6.90. The predicted octanol–water partition coefficient (Wildman–Crippen LogP) is 4.44. The van der Waals surface area contributed by atoms with Crippen molar-refractivity contribution < 1.29 is 9.90 Å². The highest BCUT2D eigenvalue weighted by Gasteiger charge is 2.17. The quantitative estimate of drug-likeness (QED) is 0.731. The summed E-state index contributed by atoms with van der Waals surface area (Å²) in [7, 11) is 0. The number of para-hydroxylation sites is 1. The Labute approximate surface area is 133 Å². The first-order valence-corrected chi connectivity index (χ1v) is 7.85. The van der Waals surface area contributed by atoms with Gasteiger partial charge in [-0.3, -0.25) is 0 Å². The van der Waals surface area contributed by atoms with E-state index in [1.54, 1.807) is 29.5 Å². The Balaban J connectivity index is 2.37. The molecule has 0 saturated heterocycles. The lowest BCUT2D eigenvalue weighted by Crippen LogP contribution is -2.01. The molecule has 0 unspecified atom stereocenters. The van der Waals surface area contributed by atoms with Crippen LogP contribution in [0.2, 0.25) is 0 Å². The van der Waals surface area contributed by atoms with E-state index in [0.29, 0.717) is 16.6 Å². The molecule has 6 heteroatoms. The maximum atomic E-state index is 11.5. The fourth-order valence-corrected chi connectivity index (χ4v) is 3.56. The molecule has 0 aliphatic heterocycles. The molecule has 4 nitrogen and oxygen atoms in total. The van der Waals surface area contributed by atoms with Crippen LogP contribution in [0.15, 0.2) is 28.7 Å². The SMILES string of the molecule is Cc1nc(-c2cc(C(=O)O)c3cccc(Br)c3n2)c(C)s1. The number of pyridine rings is 1. The van der Waals surface area contributed by atoms with Gasteiger partial charge in [-0.1, -0.05) is 12.1 Å². The Morgan fingerprint density at radius 1 is 1.29 bits per heavy atom. The van der Waals surface area contributed by atoms with E-state index in [1.807, 2.05) is 19.9 Å². The molecule has 0 atom stereocenters. The van der Waals surface area contributed by atoms with Crippen molar-refractivity contribution in [3.63, 3.8) is 0 Å². The van der Waals surface area contributed by atoms with Gasteiger partial charge in [-0.15, -0.1) is 11.3 Å². The molecular weight excluding hydrogens is 352 g/mol. The number of halogens is 1. The standard InChI is InChI=1S/C15H11BrN2O2S/c1-7-13(17-8(2)21-7)12-6-10(15(19)20)9-4-3-5-11(16)14(9)18-12/h3-6H,1-2H3,(H,19,20). The minimum Gasteiger partial charge on any atom is -0.478 e. The molecule has 2 heterocycles. The fraction of sp³-hybridized carbons (Fsp3) is 0.133. The Morgan fingerprint density at radius 3 is 2.67 bits per heavy atom. The van der Waals surface area contributed by atoms with Crippen LogP contribution in [-0.4, -0.2) is 21.0 Å². The summed E-state index contributed by atoms with van der Waals surface area (Å²) < 4.78 is 0.772. The molecule has 3 rings (SSSR count). The van der Waals surface area contributed by atoms with Gasteiger partial charge in [0.2, 0.25) is 0 Å². The number of aryl methyl sites for hydroxylation is 2. The molecule has 0 bridgehead atoms. The summed E-state index contributed by atoms with van der Waals surface area (Å²) in [6.45, 7) is 3.89. The Hall–Kier alpha value is -1.79. The van der Waals surface area contributed by atoms with Crippen molar-refractivity contribution in [3.8, 4) is 11.4 Å². The topological polar surface area (TPSA) is 63.1 Å². The first-order chi connectivity index (χ1) is 9.97. The maximum Gasteiger partial charge on any atom is 0.336 e. The summed E-state index contributed by atoms with van der Waals surface area (Å²) in [5.41, 5.74) is 2.21. The smallest absolute Gasteiger partial charge is 0.336 e. The summed E-state index contributed by atoms with van der Waals surface area (Å²) >= 11 is 5.01. The van der Waals surface area contributed by atoms with Gasteiger partial charge >= 0.3 is 5.97 Å². The number of carboxylic acid groups (broad SMARTS) is 1. The van der Waals surface area contributed by atoms with Gasteiger partial charge in [-0.05, 0) is 41.9 Å². The highest BCUT2D eigenvalue weighted by molar-refractivity contribution is 9.10. The van der Waals surface area contributed by atoms with Crippen LogP contribution in [0.3, 0.4) is 0 Å². The highest BCUT2D eigenvalue weighted by atomic mass is 79.9. The van der Waals surface area contributed by atoms with Gasteiger partial charge in [0.25, 0.3) is 0 Å². The van der Waals surface area contributed by atoms with Crippen molar-refractivity contribution in [2.75, 3.05) is 0 Å².